The largest absolute Gasteiger partial charge is 0.331 e. The number of nitrogens with zero attached hydrogens (tertiary/aromatic N) is 2. The van der Waals surface area contributed by atoms with Crippen LogP contribution in [0.15, 0.2) is 33.6 Å². The molecule has 0 amide bonds. The Labute approximate surface area is 102 Å². The Balaban J connectivity index is 2.28. The van der Waals surface area contributed by atoms with Crippen LogP contribution < -0.4 is 4.90 Å². The van der Waals surface area contributed by atoms with Gasteiger partial charge in [-0.15, -0.1) is 4.40 Å². The summed E-state index contributed by atoms with van der Waals surface area (Å²) in [5.41, 5.74) is 0.735. The molecule has 0 bridgehead atoms. The van der Waals surface area contributed by atoms with Crippen LogP contribution in [-0.4, -0.2) is 21.3 Å². The Morgan fingerprint density at radius 1 is 1.24 bits per heavy atom. The van der Waals surface area contributed by atoms with E-state index in [2.05, 4.69) is 11.3 Å². The minimum atomic E-state index is -3.48. The van der Waals surface area contributed by atoms with Crippen molar-refractivity contribution in [2.45, 2.75) is 31.1 Å². The van der Waals surface area contributed by atoms with Gasteiger partial charge in [-0.3, -0.25) is 0 Å². The van der Waals surface area contributed by atoms with Gasteiger partial charge >= 0.3 is 0 Å². The van der Waals surface area contributed by atoms with Crippen LogP contribution in [0.1, 0.15) is 26.2 Å². The predicted octanol–water partition coefficient (Wildman–Crippen LogP) is 2.41. The first-order chi connectivity index (χ1) is 8.15. The summed E-state index contributed by atoms with van der Waals surface area (Å²) in [5, 5.41) is 0. The summed E-state index contributed by atoms with van der Waals surface area (Å²) in [6, 6.07) is 7.00. The van der Waals surface area contributed by atoms with Crippen LogP contribution >= 0.6 is 0 Å². The van der Waals surface area contributed by atoms with Gasteiger partial charge in [-0.1, -0.05) is 31.9 Å². The van der Waals surface area contributed by atoms with Crippen molar-refractivity contribution in [3.63, 3.8) is 0 Å². The SMILES string of the molecule is CCCCCN1C=NS(=O)(=O)c2ccccc21. The molecule has 0 spiro atoms. The zero-order valence-electron chi connectivity index (χ0n) is 9.83. The lowest BCUT2D eigenvalue weighted by molar-refractivity contribution is 0.596. The van der Waals surface area contributed by atoms with Gasteiger partial charge in [0.15, 0.2) is 0 Å². The number of hydrogen-bond donors (Lipinski definition) is 0. The molecule has 1 aliphatic rings. The number of fused-ring (bicyclic) bond motifs is 1. The van der Waals surface area contributed by atoms with Crippen LogP contribution in [0.25, 0.3) is 0 Å². The lowest BCUT2D eigenvalue weighted by atomic mass is 10.2. The summed E-state index contributed by atoms with van der Waals surface area (Å²) in [7, 11) is -3.48. The number of sulfonamides is 1. The molecule has 1 aromatic rings. The normalized spacial score (nSPS) is 16.9. The molecule has 1 aromatic carbocycles. The first kappa shape index (κ1) is 12.1. The second kappa shape index (κ2) is 4.87. The van der Waals surface area contributed by atoms with Gasteiger partial charge in [0.05, 0.1) is 5.69 Å². The Hall–Kier alpha value is -1.36. The Bertz CT molecular complexity index is 523. The Morgan fingerprint density at radius 2 is 2.00 bits per heavy atom. The zero-order chi connectivity index (χ0) is 12.3. The third kappa shape index (κ3) is 2.49. The maximum Gasteiger partial charge on any atom is 0.285 e. The van der Waals surface area contributed by atoms with Gasteiger partial charge in [-0.05, 0) is 18.6 Å². The van der Waals surface area contributed by atoms with Crippen LogP contribution in [0.3, 0.4) is 0 Å². The van der Waals surface area contributed by atoms with Gasteiger partial charge in [0.25, 0.3) is 10.0 Å². The molecule has 0 radical (unpaired) electrons. The topological polar surface area (TPSA) is 49.7 Å². The summed E-state index contributed by atoms with van der Waals surface area (Å²) >= 11 is 0. The maximum atomic E-state index is 11.7. The molecular weight excluding hydrogens is 236 g/mol. The van der Waals surface area contributed by atoms with E-state index in [1.807, 2.05) is 17.0 Å². The van der Waals surface area contributed by atoms with E-state index in [0.717, 1.165) is 31.5 Å². The highest BCUT2D eigenvalue weighted by Crippen LogP contribution is 2.29. The van der Waals surface area contributed by atoms with Crippen LogP contribution in [0.2, 0.25) is 0 Å². The van der Waals surface area contributed by atoms with Crippen molar-refractivity contribution in [3.05, 3.63) is 24.3 Å². The van der Waals surface area contributed by atoms with E-state index in [0.29, 0.717) is 4.90 Å². The Kier molecular flexibility index (Phi) is 3.47. The number of benzene rings is 1. The molecule has 0 N–H and O–H groups in total. The summed E-state index contributed by atoms with van der Waals surface area (Å²) in [6.07, 6.45) is 4.74. The van der Waals surface area contributed by atoms with E-state index < -0.39 is 10.0 Å². The van der Waals surface area contributed by atoms with Crippen molar-refractivity contribution in [2.24, 2.45) is 4.40 Å². The maximum absolute atomic E-state index is 11.7. The Morgan fingerprint density at radius 3 is 2.76 bits per heavy atom. The molecule has 4 nitrogen and oxygen atoms in total. The lowest BCUT2D eigenvalue weighted by Crippen LogP contribution is -2.28. The van der Waals surface area contributed by atoms with Crippen molar-refractivity contribution in [3.8, 4) is 0 Å². The lowest BCUT2D eigenvalue weighted by Gasteiger charge is -2.24. The second-order valence-electron chi connectivity index (χ2n) is 4.06. The minimum absolute atomic E-state index is 0.305. The average Bonchev–Trinajstić information content (AvgIpc) is 2.33. The molecule has 17 heavy (non-hydrogen) atoms. The first-order valence-corrected chi connectivity index (χ1v) is 7.25. The number of anilines is 1. The van der Waals surface area contributed by atoms with Crippen LogP contribution in [0.5, 0.6) is 0 Å². The highest BCUT2D eigenvalue weighted by Gasteiger charge is 2.24. The summed E-state index contributed by atoms with van der Waals surface area (Å²) in [6.45, 7) is 2.95. The number of para-hydroxylation sites is 1. The first-order valence-electron chi connectivity index (χ1n) is 5.81. The fraction of sp³-hybridized carbons (Fsp3) is 0.417. The van der Waals surface area contributed by atoms with Crippen molar-refractivity contribution in [1.82, 2.24) is 0 Å². The van der Waals surface area contributed by atoms with E-state index in [1.165, 1.54) is 6.34 Å². The quantitative estimate of drug-likeness (QED) is 0.773. The molecule has 92 valence electrons. The van der Waals surface area contributed by atoms with Gasteiger partial charge in [-0.25, -0.2) is 0 Å². The van der Waals surface area contributed by atoms with E-state index in [4.69, 9.17) is 0 Å². The third-order valence-corrected chi connectivity index (χ3v) is 4.05. The standard InChI is InChI=1S/C12H16N2O2S/c1-2-3-6-9-14-10-13-17(15,16)12-8-5-4-7-11(12)14/h4-5,7-8,10H,2-3,6,9H2,1H3. The molecule has 5 heteroatoms. The molecule has 0 saturated carbocycles. The number of rotatable bonds is 4. The smallest absolute Gasteiger partial charge is 0.285 e. The molecule has 0 unspecified atom stereocenters. The van der Waals surface area contributed by atoms with Gasteiger partial charge in [0.1, 0.15) is 11.2 Å². The molecule has 1 aliphatic heterocycles. The predicted molar refractivity (Wildman–Crippen MR) is 69.0 cm³/mol. The van der Waals surface area contributed by atoms with Crippen molar-refractivity contribution in [2.75, 3.05) is 11.4 Å². The molecule has 0 aliphatic carbocycles. The molecule has 0 atom stereocenters. The molecule has 1 heterocycles. The van der Waals surface area contributed by atoms with Crippen LogP contribution in [0.4, 0.5) is 5.69 Å². The van der Waals surface area contributed by atoms with Gasteiger partial charge in [0.2, 0.25) is 0 Å². The summed E-state index contributed by atoms with van der Waals surface area (Å²) in [5.74, 6) is 0. The fourth-order valence-corrected chi connectivity index (χ4v) is 2.91. The van der Waals surface area contributed by atoms with Crippen molar-refractivity contribution < 1.29 is 8.42 Å². The van der Waals surface area contributed by atoms with E-state index in [1.54, 1.807) is 12.1 Å². The van der Waals surface area contributed by atoms with E-state index in [-0.39, 0.29) is 0 Å². The second-order valence-corrected chi connectivity index (χ2v) is 5.66. The van der Waals surface area contributed by atoms with Crippen LogP contribution in [-0.2, 0) is 10.0 Å². The number of unbranched alkanes of at least 4 members (excludes halogenated alkanes) is 2. The van der Waals surface area contributed by atoms with Gasteiger partial charge in [0, 0.05) is 6.54 Å². The molecular formula is C12H16N2O2S. The molecule has 0 fully saturated rings. The highest BCUT2D eigenvalue weighted by atomic mass is 32.2. The fourth-order valence-electron chi connectivity index (χ4n) is 1.86. The van der Waals surface area contributed by atoms with Crippen molar-refractivity contribution >= 4 is 22.0 Å². The third-order valence-electron chi connectivity index (χ3n) is 2.78. The van der Waals surface area contributed by atoms with Crippen LogP contribution in [0, 0.1) is 0 Å². The average molecular weight is 252 g/mol. The van der Waals surface area contributed by atoms with E-state index in [9.17, 15) is 8.42 Å². The molecule has 0 saturated heterocycles. The number of hydrogen-bond acceptors (Lipinski definition) is 3. The minimum Gasteiger partial charge on any atom is -0.331 e. The summed E-state index contributed by atoms with van der Waals surface area (Å²) < 4.78 is 27.1. The zero-order valence-corrected chi connectivity index (χ0v) is 10.7. The van der Waals surface area contributed by atoms with Gasteiger partial charge < -0.3 is 4.90 Å². The highest BCUT2D eigenvalue weighted by molar-refractivity contribution is 7.90. The van der Waals surface area contributed by atoms with E-state index >= 15 is 0 Å². The monoisotopic (exact) mass is 252 g/mol. The molecule has 0 aromatic heterocycles. The van der Waals surface area contributed by atoms with Crippen molar-refractivity contribution in [1.29, 1.82) is 0 Å². The molecule has 2 rings (SSSR count). The van der Waals surface area contributed by atoms with Gasteiger partial charge in [-0.2, -0.15) is 8.42 Å². The summed E-state index contributed by atoms with van der Waals surface area (Å²) in [4.78, 5) is 2.21.